The minimum absolute atomic E-state index is 0.312. The lowest BCUT2D eigenvalue weighted by Gasteiger charge is -2.04. The number of anilines is 1. The quantitative estimate of drug-likeness (QED) is 0.733. The Hall–Kier alpha value is -3.32. The van der Waals surface area contributed by atoms with Crippen LogP contribution in [0.3, 0.4) is 0 Å². The molecule has 0 atom stereocenters. The maximum atomic E-state index is 12.0. The van der Waals surface area contributed by atoms with E-state index in [1.165, 1.54) is 11.3 Å². The summed E-state index contributed by atoms with van der Waals surface area (Å²) in [5.41, 5.74) is 2.40. The highest BCUT2D eigenvalue weighted by Gasteiger charge is 2.12. The predicted molar refractivity (Wildman–Crippen MR) is 103 cm³/mol. The monoisotopic (exact) mass is 364 g/mol. The number of amides is 3. The number of hydrogen-bond donors (Lipinski definition) is 2. The van der Waals surface area contributed by atoms with Gasteiger partial charge in [-0.2, -0.15) is 0 Å². The summed E-state index contributed by atoms with van der Waals surface area (Å²) in [7, 11) is 0. The topological polar surface area (TPSA) is 84.0 Å². The van der Waals surface area contributed by atoms with Gasteiger partial charge < -0.3 is 0 Å². The lowest BCUT2D eigenvalue weighted by atomic mass is 10.1. The van der Waals surface area contributed by atoms with Crippen LogP contribution in [-0.4, -0.2) is 22.1 Å². The zero-order chi connectivity index (χ0) is 18.4. The van der Waals surface area contributed by atoms with Crippen molar-refractivity contribution in [1.82, 2.24) is 15.5 Å². The largest absolute Gasteiger partial charge is 0.328 e. The second-order valence-corrected chi connectivity index (χ2v) is 6.48. The van der Waals surface area contributed by atoms with E-state index in [4.69, 9.17) is 0 Å². The fourth-order valence-electron chi connectivity index (χ4n) is 2.17. The first-order valence-corrected chi connectivity index (χ1v) is 8.67. The Morgan fingerprint density at radius 1 is 1.00 bits per heavy atom. The van der Waals surface area contributed by atoms with E-state index in [2.05, 4.69) is 20.8 Å². The average molecular weight is 364 g/mol. The Balaban J connectivity index is 1.57. The maximum Gasteiger partial charge on any atom is 0.328 e. The van der Waals surface area contributed by atoms with Gasteiger partial charge in [0.05, 0.1) is 0 Å². The van der Waals surface area contributed by atoms with Crippen molar-refractivity contribution in [3.8, 4) is 0 Å². The van der Waals surface area contributed by atoms with Gasteiger partial charge in [0.15, 0.2) is 0 Å². The molecular weight excluding hydrogens is 348 g/mol. The molecular formula is C19H16N4O2S. The number of aryl methyl sites for hydroxylation is 1. The number of imide groups is 1. The van der Waals surface area contributed by atoms with Crippen molar-refractivity contribution in [1.29, 1.82) is 0 Å². The Morgan fingerprint density at radius 2 is 1.81 bits per heavy atom. The molecule has 6 nitrogen and oxygen atoms in total. The number of benzene rings is 2. The summed E-state index contributed by atoms with van der Waals surface area (Å²) in [5, 5.41) is 13.6. The Labute approximate surface area is 154 Å². The molecule has 0 aliphatic rings. The molecule has 7 heteroatoms. The van der Waals surface area contributed by atoms with Crippen LogP contribution in [-0.2, 0) is 0 Å². The smallest absolute Gasteiger partial charge is 0.282 e. The number of urea groups is 1. The number of hydrogen-bond acceptors (Lipinski definition) is 5. The van der Waals surface area contributed by atoms with Crippen molar-refractivity contribution in [3.63, 3.8) is 0 Å². The second kappa shape index (κ2) is 8.17. The summed E-state index contributed by atoms with van der Waals surface area (Å²) in [6.07, 6.45) is 3.72. The number of nitrogens with zero attached hydrogens (tertiary/aromatic N) is 2. The number of nitrogens with one attached hydrogen (secondary N) is 2. The van der Waals surface area contributed by atoms with E-state index >= 15 is 0 Å². The zero-order valence-corrected chi connectivity index (χ0v) is 14.8. The Kier molecular flexibility index (Phi) is 5.50. The van der Waals surface area contributed by atoms with Gasteiger partial charge in [-0.15, -0.1) is 10.2 Å². The highest BCUT2D eigenvalue weighted by molar-refractivity contribution is 7.16. The lowest BCUT2D eigenvalue weighted by molar-refractivity contribution is 0.0967. The predicted octanol–water partition coefficient (Wildman–Crippen LogP) is 3.98. The van der Waals surface area contributed by atoms with Gasteiger partial charge in [-0.3, -0.25) is 15.4 Å². The fraction of sp³-hybridized carbons (Fsp3) is 0.0526. The SMILES string of the molecule is Cc1cccc(C(=O)NC(=O)Nc2nnc(/C=C/c3ccccc3)s2)c1. The van der Waals surface area contributed by atoms with Crippen LogP contribution in [0.1, 0.15) is 26.5 Å². The second-order valence-electron chi connectivity index (χ2n) is 5.47. The highest BCUT2D eigenvalue weighted by Crippen LogP contribution is 2.17. The van der Waals surface area contributed by atoms with Gasteiger partial charge in [0.2, 0.25) is 5.13 Å². The van der Waals surface area contributed by atoms with E-state index in [0.717, 1.165) is 11.1 Å². The van der Waals surface area contributed by atoms with Gasteiger partial charge in [0.25, 0.3) is 5.91 Å². The highest BCUT2D eigenvalue weighted by atomic mass is 32.1. The molecule has 0 aliphatic carbocycles. The molecule has 0 fully saturated rings. The molecule has 3 amide bonds. The molecule has 0 spiro atoms. The maximum absolute atomic E-state index is 12.0. The third-order valence-electron chi connectivity index (χ3n) is 3.39. The van der Waals surface area contributed by atoms with Gasteiger partial charge in [-0.1, -0.05) is 65.4 Å². The van der Waals surface area contributed by atoms with Gasteiger partial charge in [0.1, 0.15) is 5.01 Å². The van der Waals surface area contributed by atoms with Crippen molar-refractivity contribution < 1.29 is 9.59 Å². The molecule has 1 aromatic heterocycles. The van der Waals surface area contributed by atoms with E-state index in [1.54, 1.807) is 18.2 Å². The van der Waals surface area contributed by atoms with E-state index in [9.17, 15) is 9.59 Å². The standard InChI is InChI=1S/C19H16N4O2S/c1-13-6-5-9-15(12-13)17(24)20-18(25)21-19-23-22-16(26-19)11-10-14-7-3-2-4-8-14/h2-12H,1H3,(H2,20,21,23,24,25)/b11-10+. The van der Waals surface area contributed by atoms with Crippen LogP contribution in [0.4, 0.5) is 9.93 Å². The number of aromatic nitrogens is 2. The summed E-state index contributed by atoms with van der Waals surface area (Å²) in [5.74, 6) is -0.472. The van der Waals surface area contributed by atoms with E-state index in [-0.39, 0.29) is 0 Å². The molecule has 130 valence electrons. The minimum Gasteiger partial charge on any atom is -0.282 e. The summed E-state index contributed by atoms with van der Waals surface area (Å²) in [6, 6.07) is 16.1. The molecule has 2 aromatic carbocycles. The van der Waals surface area contributed by atoms with Gasteiger partial charge in [-0.05, 0) is 30.7 Å². The molecule has 0 saturated heterocycles. The van der Waals surface area contributed by atoms with Gasteiger partial charge in [0, 0.05) is 5.56 Å². The van der Waals surface area contributed by atoms with Crippen LogP contribution in [0, 0.1) is 6.92 Å². The fourth-order valence-corrected chi connectivity index (χ4v) is 2.82. The number of carbonyl (C=O) groups excluding carboxylic acids is 2. The van der Waals surface area contributed by atoms with Gasteiger partial charge >= 0.3 is 6.03 Å². The normalized spacial score (nSPS) is 10.7. The summed E-state index contributed by atoms with van der Waals surface area (Å²) in [6.45, 7) is 1.88. The van der Waals surface area contributed by atoms with Crippen molar-refractivity contribution in [3.05, 3.63) is 76.3 Å². The zero-order valence-electron chi connectivity index (χ0n) is 14.0. The van der Waals surface area contributed by atoms with Crippen LogP contribution in [0.5, 0.6) is 0 Å². The molecule has 0 bridgehead atoms. The molecule has 2 N–H and O–H groups in total. The van der Waals surface area contributed by atoms with Crippen molar-refractivity contribution in [2.24, 2.45) is 0 Å². The van der Waals surface area contributed by atoms with Crippen LogP contribution in [0.2, 0.25) is 0 Å². The first-order chi connectivity index (χ1) is 12.6. The van der Waals surface area contributed by atoms with Crippen LogP contribution in [0.25, 0.3) is 12.2 Å². The van der Waals surface area contributed by atoms with Gasteiger partial charge in [-0.25, -0.2) is 4.79 Å². The van der Waals surface area contributed by atoms with Crippen LogP contribution < -0.4 is 10.6 Å². The van der Waals surface area contributed by atoms with E-state index in [0.29, 0.717) is 15.7 Å². The molecule has 0 radical (unpaired) electrons. The number of carbonyl (C=O) groups is 2. The molecule has 0 aliphatic heterocycles. The van der Waals surface area contributed by atoms with Crippen molar-refractivity contribution in [2.45, 2.75) is 6.92 Å². The average Bonchev–Trinajstić information content (AvgIpc) is 3.08. The molecule has 0 unspecified atom stereocenters. The molecule has 1 heterocycles. The first kappa shape index (κ1) is 17.5. The van der Waals surface area contributed by atoms with Crippen molar-refractivity contribution in [2.75, 3.05) is 5.32 Å². The summed E-state index contributed by atoms with van der Waals surface area (Å²) in [4.78, 5) is 24.0. The number of rotatable bonds is 4. The molecule has 3 aromatic rings. The molecule has 0 saturated carbocycles. The van der Waals surface area contributed by atoms with Crippen molar-refractivity contribution >= 4 is 40.6 Å². The van der Waals surface area contributed by atoms with Crippen LogP contribution >= 0.6 is 11.3 Å². The Bertz CT molecular complexity index is 951. The molecule has 26 heavy (non-hydrogen) atoms. The minimum atomic E-state index is -0.647. The van der Waals surface area contributed by atoms with E-state index in [1.807, 2.05) is 55.5 Å². The first-order valence-electron chi connectivity index (χ1n) is 7.86. The summed E-state index contributed by atoms with van der Waals surface area (Å²) < 4.78 is 0. The Morgan fingerprint density at radius 3 is 2.58 bits per heavy atom. The third-order valence-corrected chi connectivity index (χ3v) is 4.19. The van der Waals surface area contributed by atoms with Crippen LogP contribution in [0.15, 0.2) is 54.6 Å². The van der Waals surface area contributed by atoms with E-state index < -0.39 is 11.9 Å². The lowest BCUT2D eigenvalue weighted by Crippen LogP contribution is -2.34. The third kappa shape index (κ3) is 4.84. The molecule has 3 rings (SSSR count). The summed E-state index contributed by atoms with van der Waals surface area (Å²) >= 11 is 1.21.